The number of amides is 1. The number of ether oxygens (including phenoxy) is 1. The number of carbonyl (C=O) groups is 2. The lowest BCUT2D eigenvalue weighted by Gasteiger charge is -2.23. The molecule has 0 saturated carbocycles. The summed E-state index contributed by atoms with van der Waals surface area (Å²) < 4.78 is 23.8. The van der Waals surface area contributed by atoms with Crippen molar-refractivity contribution in [3.05, 3.63) is 53.0 Å². The number of oxazole rings is 1. The Labute approximate surface area is 150 Å². The average molecular weight is 364 g/mol. The van der Waals surface area contributed by atoms with Crippen LogP contribution in [0.25, 0.3) is 0 Å². The van der Waals surface area contributed by atoms with Gasteiger partial charge in [0.1, 0.15) is 17.2 Å². The normalized spacial score (nSPS) is 12.5. The van der Waals surface area contributed by atoms with Gasteiger partial charge in [-0.3, -0.25) is 0 Å². The number of aryl methyl sites for hydroxylation is 1. The van der Waals surface area contributed by atoms with Crippen LogP contribution in [0.4, 0.5) is 9.18 Å². The Morgan fingerprint density at radius 2 is 1.92 bits per heavy atom. The van der Waals surface area contributed by atoms with Crippen LogP contribution in [-0.2, 0) is 11.2 Å². The lowest BCUT2D eigenvalue weighted by Crippen LogP contribution is -2.35. The van der Waals surface area contributed by atoms with Gasteiger partial charge in [0.05, 0.1) is 6.04 Å². The molecule has 0 bridgehead atoms. The SMILES string of the molecule is Cc1oc(CC(NC(=O)OC(C)(C)C)c2ccc(F)cc2)nc1C(=O)O. The molecule has 0 radical (unpaired) electrons. The van der Waals surface area contributed by atoms with Gasteiger partial charge in [-0.2, -0.15) is 0 Å². The number of nitrogens with zero attached hydrogens (tertiary/aromatic N) is 1. The smallest absolute Gasteiger partial charge is 0.408 e. The van der Waals surface area contributed by atoms with Crippen LogP contribution in [0.2, 0.25) is 0 Å². The van der Waals surface area contributed by atoms with E-state index in [1.54, 1.807) is 20.8 Å². The van der Waals surface area contributed by atoms with E-state index in [-0.39, 0.29) is 23.8 Å². The topological polar surface area (TPSA) is 102 Å². The van der Waals surface area contributed by atoms with Gasteiger partial charge in [0.15, 0.2) is 11.6 Å². The molecule has 7 nitrogen and oxygen atoms in total. The maximum atomic E-state index is 13.2. The van der Waals surface area contributed by atoms with Crippen LogP contribution >= 0.6 is 0 Å². The van der Waals surface area contributed by atoms with Crippen LogP contribution < -0.4 is 5.32 Å². The van der Waals surface area contributed by atoms with E-state index in [1.165, 1.54) is 31.2 Å². The highest BCUT2D eigenvalue weighted by Crippen LogP contribution is 2.21. The van der Waals surface area contributed by atoms with Crippen molar-refractivity contribution in [3.63, 3.8) is 0 Å². The number of aromatic nitrogens is 1. The molecule has 26 heavy (non-hydrogen) atoms. The van der Waals surface area contributed by atoms with E-state index in [9.17, 15) is 14.0 Å². The number of hydrogen-bond acceptors (Lipinski definition) is 5. The first kappa shape index (κ1) is 19.4. The molecule has 2 N–H and O–H groups in total. The molecule has 1 unspecified atom stereocenters. The van der Waals surface area contributed by atoms with Crippen LogP contribution in [0.3, 0.4) is 0 Å². The van der Waals surface area contributed by atoms with E-state index >= 15 is 0 Å². The number of alkyl carbamates (subject to hydrolysis) is 1. The number of nitrogens with one attached hydrogen (secondary N) is 1. The van der Waals surface area contributed by atoms with E-state index < -0.39 is 29.5 Å². The van der Waals surface area contributed by atoms with Crippen molar-refractivity contribution in [2.75, 3.05) is 0 Å². The number of carbonyl (C=O) groups excluding carboxylic acids is 1. The summed E-state index contributed by atoms with van der Waals surface area (Å²) in [6.07, 6.45) is -0.576. The van der Waals surface area contributed by atoms with Gasteiger partial charge >= 0.3 is 12.1 Å². The molecule has 1 amide bonds. The molecule has 140 valence electrons. The zero-order chi connectivity index (χ0) is 19.5. The summed E-state index contributed by atoms with van der Waals surface area (Å²) in [6, 6.07) is 4.94. The first-order valence-electron chi connectivity index (χ1n) is 8.00. The number of hydrogen-bond donors (Lipinski definition) is 2. The lowest BCUT2D eigenvalue weighted by atomic mass is 10.0. The molecule has 2 rings (SSSR count). The van der Waals surface area contributed by atoms with Crippen LogP contribution in [0.15, 0.2) is 28.7 Å². The molecule has 1 aromatic heterocycles. The highest BCUT2D eigenvalue weighted by molar-refractivity contribution is 5.86. The second kappa shape index (κ2) is 7.55. The van der Waals surface area contributed by atoms with Gasteiger partial charge in [0.25, 0.3) is 0 Å². The van der Waals surface area contributed by atoms with E-state index in [0.717, 1.165) is 0 Å². The quantitative estimate of drug-likeness (QED) is 0.840. The summed E-state index contributed by atoms with van der Waals surface area (Å²) in [4.78, 5) is 27.2. The van der Waals surface area contributed by atoms with Crippen molar-refractivity contribution < 1.29 is 28.2 Å². The molecule has 0 aliphatic carbocycles. The number of halogens is 1. The van der Waals surface area contributed by atoms with Crippen LogP contribution in [0.5, 0.6) is 0 Å². The Bertz CT molecular complexity index is 793. The first-order valence-corrected chi connectivity index (χ1v) is 8.00. The van der Waals surface area contributed by atoms with Gasteiger partial charge in [0, 0.05) is 6.42 Å². The maximum Gasteiger partial charge on any atom is 0.408 e. The summed E-state index contributed by atoms with van der Waals surface area (Å²) in [5, 5.41) is 11.8. The van der Waals surface area contributed by atoms with Crippen molar-refractivity contribution in [3.8, 4) is 0 Å². The van der Waals surface area contributed by atoms with E-state index in [0.29, 0.717) is 5.56 Å². The standard InChI is InChI=1S/C18H21FN2O5/c1-10-15(16(22)23)21-14(25-10)9-13(11-5-7-12(19)8-6-11)20-17(24)26-18(2,3)4/h5-8,13H,9H2,1-4H3,(H,20,24)(H,22,23). The Morgan fingerprint density at radius 1 is 1.31 bits per heavy atom. The number of benzene rings is 1. The minimum absolute atomic E-state index is 0.0823. The molecular formula is C18H21FN2O5. The number of rotatable bonds is 5. The van der Waals surface area contributed by atoms with Gasteiger partial charge in [-0.15, -0.1) is 0 Å². The second-order valence-electron chi connectivity index (χ2n) is 6.77. The summed E-state index contributed by atoms with van der Waals surface area (Å²) in [5.74, 6) is -1.30. The van der Waals surface area contributed by atoms with Crippen molar-refractivity contribution in [1.29, 1.82) is 0 Å². The largest absolute Gasteiger partial charge is 0.476 e. The molecule has 1 aromatic carbocycles. The highest BCUT2D eigenvalue weighted by Gasteiger charge is 2.24. The monoisotopic (exact) mass is 364 g/mol. The van der Waals surface area contributed by atoms with Crippen LogP contribution in [-0.4, -0.2) is 27.8 Å². The third kappa shape index (κ3) is 5.30. The molecule has 1 heterocycles. The van der Waals surface area contributed by atoms with Gasteiger partial charge in [-0.25, -0.2) is 19.0 Å². The molecule has 2 aromatic rings. The zero-order valence-corrected chi connectivity index (χ0v) is 15.0. The summed E-state index contributed by atoms with van der Waals surface area (Å²) in [5.41, 5.74) is -0.270. The predicted molar refractivity (Wildman–Crippen MR) is 90.4 cm³/mol. The molecule has 0 spiro atoms. The van der Waals surface area contributed by atoms with Crippen molar-refractivity contribution in [2.45, 2.75) is 45.8 Å². The summed E-state index contributed by atoms with van der Waals surface area (Å²) >= 11 is 0. The molecule has 0 fully saturated rings. The molecule has 0 aliphatic rings. The summed E-state index contributed by atoms with van der Waals surface area (Å²) in [6.45, 7) is 6.69. The van der Waals surface area contributed by atoms with E-state index in [1.807, 2.05) is 0 Å². The highest BCUT2D eigenvalue weighted by atomic mass is 19.1. The van der Waals surface area contributed by atoms with Crippen molar-refractivity contribution in [2.24, 2.45) is 0 Å². The lowest BCUT2D eigenvalue weighted by molar-refractivity contribution is 0.0501. The molecule has 0 aliphatic heterocycles. The van der Waals surface area contributed by atoms with Crippen molar-refractivity contribution in [1.82, 2.24) is 10.3 Å². The predicted octanol–water partition coefficient (Wildman–Crippen LogP) is 3.63. The molecule has 0 saturated heterocycles. The summed E-state index contributed by atoms with van der Waals surface area (Å²) in [7, 11) is 0. The van der Waals surface area contributed by atoms with E-state index in [2.05, 4.69) is 10.3 Å². The maximum absolute atomic E-state index is 13.2. The van der Waals surface area contributed by atoms with Crippen molar-refractivity contribution >= 4 is 12.1 Å². The Morgan fingerprint density at radius 3 is 2.42 bits per heavy atom. The average Bonchev–Trinajstić information content (AvgIpc) is 2.86. The number of carboxylic acids is 1. The Hall–Kier alpha value is -2.90. The fourth-order valence-electron chi connectivity index (χ4n) is 2.31. The fraction of sp³-hybridized carbons (Fsp3) is 0.389. The van der Waals surface area contributed by atoms with Gasteiger partial charge < -0.3 is 19.6 Å². The molecule has 1 atom stereocenters. The minimum atomic E-state index is -1.20. The van der Waals surface area contributed by atoms with Crippen LogP contribution in [0.1, 0.15) is 54.5 Å². The minimum Gasteiger partial charge on any atom is -0.476 e. The van der Waals surface area contributed by atoms with E-state index in [4.69, 9.17) is 14.3 Å². The van der Waals surface area contributed by atoms with Gasteiger partial charge in [-0.05, 0) is 45.4 Å². The third-order valence-corrected chi connectivity index (χ3v) is 3.39. The Kier molecular flexibility index (Phi) is 5.64. The first-order chi connectivity index (χ1) is 12.0. The number of aromatic carboxylic acids is 1. The zero-order valence-electron chi connectivity index (χ0n) is 15.0. The molecule has 8 heteroatoms. The fourth-order valence-corrected chi connectivity index (χ4v) is 2.31. The van der Waals surface area contributed by atoms with Gasteiger partial charge in [0.2, 0.25) is 0 Å². The van der Waals surface area contributed by atoms with Crippen LogP contribution in [0, 0.1) is 12.7 Å². The third-order valence-electron chi connectivity index (χ3n) is 3.39. The second-order valence-corrected chi connectivity index (χ2v) is 6.77. The number of carboxylic acid groups (broad SMARTS) is 1. The Balaban J connectivity index is 2.25. The molecular weight excluding hydrogens is 343 g/mol. The van der Waals surface area contributed by atoms with Gasteiger partial charge in [-0.1, -0.05) is 12.1 Å².